The first kappa shape index (κ1) is 13.5. The fourth-order valence-electron chi connectivity index (χ4n) is 2.82. The Hall–Kier alpha value is -2.14. The largest absolute Gasteiger partial charge is 0.349 e. The van der Waals surface area contributed by atoms with Crippen LogP contribution in [0.3, 0.4) is 0 Å². The molecule has 1 aliphatic rings. The van der Waals surface area contributed by atoms with E-state index in [9.17, 15) is 9.59 Å². The molecule has 112 valence electrons. The quantitative estimate of drug-likeness (QED) is 0.808. The summed E-state index contributed by atoms with van der Waals surface area (Å²) in [6.07, 6.45) is 2.12. The maximum absolute atomic E-state index is 12.7. The Morgan fingerprint density at radius 1 is 1.32 bits per heavy atom. The maximum atomic E-state index is 12.7. The summed E-state index contributed by atoms with van der Waals surface area (Å²) in [5.41, 5.74) is 0.913. The minimum Gasteiger partial charge on any atom is -0.349 e. The summed E-state index contributed by atoms with van der Waals surface area (Å²) in [5.74, 6) is -0.0600. The molecule has 2 heterocycles. The van der Waals surface area contributed by atoms with Crippen LogP contribution in [0.4, 0.5) is 0 Å². The van der Waals surface area contributed by atoms with Crippen LogP contribution in [0.25, 0.3) is 21.0 Å². The van der Waals surface area contributed by atoms with Gasteiger partial charge in [0.15, 0.2) is 0 Å². The molecule has 0 unspecified atom stereocenters. The number of amides is 1. The monoisotopic (exact) mass is 312 g/mol. The van der Waals surface area contributed by atoms with Gasteiger partial charge in [0.1, 0.15) is 0 Å². The van der Waals surface area contributed by atoms with E-state index in [-0.39, 0.29) is 11.5 Å². The minimum absolute atomic E-state index is 0.0158. The second-order valence-electron chi connectivity index (χ2n) is 5.67. The van der Waals surface area contributed by atoms with Gasteiger partial charge in [0.25, 0.3) is 11.5 Å². The van der Waals surface area contributed by atoms with E-state index in [0.717, 1.165) is 28.4 Å². The van der Waals surface area contributed by atoms with Crippen LogP contribution in [0.5, 0.6) is 0 Å². The highest BCUT2D eigenvalue weighted by molar-refractivity contribution is 7.21. The third kappa shape index (κ3) is 2.04. The van der Waals surface area contributed by atoms with E-state index in [1.807, 2.05) is 31.2 Å². The smallest absolute Gasteiger partial charge is 0.261 e. The Morgan fingerprint density at radius 3 is 2.82 bits per heavy atom. The van der Waals surface area contributed by atoms with Crippen LogP contribution in [-0.4, -0.2) is 16.5 Å². The lowest BCUT2D eigenvalue weighted by molar-refractivity contribution is 0.0955. The van der Waals surface area contributed by atoms with Gasteiger partial charge in [-0.15, -0.1) is 11.3 Å². The van der Waals surface area contributed by atoms with Gasteiger partial charge in [-0.1, -0.05) is 18.2 Å². The van der Waals surface area contributed by atoms with Gasteiger partial charge in [0.2, 0.25) is 0 Å². The van der Waals surface area contributed by atoms with Crippen LogP contribution < -0.4 is 10.9 Å². The van der Waals surface area contributed by atoms with Gasteiger partial charge in [-0.05, 0) is 31.9 Å². The average molecular weight is 312 g/mol. The standard InChI is InChI=1S/C17H16N2O2S/c1-2-19-13-6-4-3-5-11(13)15-12(17(19)21)9-14(22-15)16(20)18-10-7-8-10/h3-6,9-10H,2,7-8H2,1H3,(H,18,20). The van der Waals surface area contributed by atoms with E-state index >= 15 is 0 Å². The summed E-state index contributed by atoms with van der Waals surface area (Å²) in [6, 6.07) is 9.95. The molecular weight excluding hydrogens is 296 g/mol. The number of carbonyl (C=O) groups is 1. The molecule has 1 saturated carbocycles. The fraction of sp³-hybridized carbons (Fsp3) is 0.294. The molecule has 0 bridgehead atoms. The lowest BCUT2D eigenvalue weighted by atomic mass is 10.1. The number of aryl methyl sites for hydroxylation is 1. The van der Waals surface area contributed by atoms with Crippen LogP contribution >= 0.6 is 11.3 Å². The molecule has 3 aromatic rings. The van der Waals surface area contributed by atoms with Crippen LogP contribution in [0.2, 0.25) is 0 Å². The second-order valence-corrected chi connectivity index (χ2v) is 6.72. The Morgan fingerprint density at radius 2 is 2.09 bits per heavy atom. The Labute approximate surface area is 131 Å². The first-order chi connectivity index (χ1) is 10.7. The van der Waals surface area contributed by atoms with Crippen molar-refractivity contribution in [1.82, 2.24) is 9.88 Å². The number of aromatic nitrogens is 1. The zero-order chi connectivity index (χ0) is 15.3. The molecule has 4 rings (SSSR count). The third-order valence-corrected chi connectivity index (χ3v) is 5.27. The molecule has 22 heavy (non-hydrogen) atoms. The molecule has 1 aromatic carbocycles. The van der Waals surface area contributed by atoms with Gasteiger partial charge >= 0.3 is 0 Å². The summed E-state index contributed by atoms with van der Waals surface area (Å²) in [4.78, 5) is 25.6. The predicted octanol–water partition coefficient (Wildman–Crippen LogP) is 3.13. The lowest BCUT2D eigenvalue weighted by Crippen LogP contribution is -2.24. The average Bonchev–Trinajstić information content (AvgIpc) is 3.22. The van der Waals surface area contributed by atoms with Crippen molar-refractivity contribution in [2.24, 2.45) is 0 Å². The maximum Gasteiger partial charge on any atom is 0.261 e. The van der Waals surface area contributed by atoms with Crippen molar-refractivity contribution in [2.45, 2.75) is 32.4 Å². The van der Waals surface area contributed by atoms with E-state index in [1.54, 1.807) is 10.6 Å². The molecule has 1 fully saturated rings. The fourth-order valence-corrected chi connectivity index (χ4v) is 3.90. The number of hydrogen-bond donors (Lipinski definition) is 1. The predicted molar refractivity (Wildman–Crippen MR) is 89.8 cm³/mol. The molecule has 1 N–H and O–H groups in total. The summed E-state index contributed by atoms with van der Waals surface area (Å²) in [5, 5.41) is 4.67. The molecule has 0 atom stereocenters. The van der Waals surface area contributed by atoms with E-state index < -0.39 is 0 Å². The first-order valence-electron chi connectivity index (χ1n) is 7.55. The molecule has 5 heteroatoms. The van der Waals surface area contributed by atoms with Gasteiger partial charge in [-0.3, -0.25) is 9.59 Å². The summed E-state index contributed by atoms with van der Waals surface area (Å²) in [7, 11) is 0. The number of rotatable bonds is 3. The van der Waals surface area contributed by atoms with E-state index in [1.165, 1.54) is 11.3 Å². The highest BCUT2D eigenvalue weighted by Gasteiger charge is 2.25. The number of thiophene rings is 1. The van der Waals surface area contributed by atoms with Crippen LogP contribution in [0, 0.1) is 0 Å². The van der Waals surface area contributed by atoms with Gasteiger partial charge in [0.05, 0.1) is 15.8 Å². The van der Waals surface area contributed by atoms with E-state index in [0.29, 0.717) is 22.8 Å². The number of carbonyl (C=O) groups excluding carboxylic acids is 1. The van der Waals surface area contributed by atoms with Gasteiger partial charge < -0.3 is 9.88 Å². The minimum atomic E-state index is -0.0600. The number of nitrogens with one attached hydrogen (secondary N) is 1. The molecule has 1 amide bonds. The second kappa shape index (κ2) is 4.95. The normalized spacial score (nSPS) is 14.6. The van der Waals surface area contributed by atoms with Crippen molar-refractivity contribution in [3.8, 4) is 0 Å². The number of nitrogens with zero attached hydrogens (tertiary/aromatic N) is 1. The molecule has 1 aliphatic carbocycles. The van der Waals surface area contributed by atoms with Crippen molar-refractivity contribution in [1.29, 1.82) is 0 Å². The van der Waals surface area contributed by atoms with Crippen molar-refractivity contribution in [2.75, 3.05) is 0 Å². The summed E-state index contributed by atoms with van der Waals surface area (Å²) >= 11 is 1.41. The number of fused-ring (bicyclic) bond motifs is 3. The number of benzene rings is 1. The molecule has 0 spiro atoms. The lowest BCUT2D eigenvalue weighted by Gasteiger charge is -2.08. The van der Waals surface area contributed by atoms with Crippen molar-refractivity contribution in [3.63, 3.8) is 0 Å². The first-order valence-corrected chi connectivity index (χ1v) is 8.36. The number of hydrogen-bond acceptors (Lipinski definition) is 3. The van der Waals surface area contributed by atoms with Crippen molar-refractivity contribution in [3.05, 3.63) is 45.6 Å². The highest BCUT2D eigenvalue weighted by Crippen LogP contribution is 2.31. The number of para-hydroxylation sites is 1. The van der Waals surface area contributed by atoms with Crippen LogP contribution in [-0.2, 0) is 6.54 Å². The third-order valence-electron chi connectivity index (χ3n) is 4.10. The topological polar surface area (TPSA) is 51.1 Å². The molecule has 0 saturated heterocycles. The summed E-state index contributed by atoms with van der Waals surface area (Å²) < 4.78 is 2.68. The van der Waals surface area contributed by atoms with Gasteiger partial charge in [-0.25, -0.2) is 0 Å². The molecular formula is C17H16N2O2S. The number of pyridine rings is 1. The zero-order valence-corrected chi connectivity index (χ0v) is 13.1. The van der Waals surface area contributed by atoms with Crippen LogP contribution in [0.15, 0.2) is 35.1 Å². The summed E-state index contributed by atoms with van der Waals surface area (Å²) in [6.45, 7) is 2.58. The molecule has 0 radical (unpaired) electrons. The van der Waals surface area contributed by atoms with Crippen molar-refractivity contribution >= 4 is 38.2 Å². The SMILES string of the molecule is CCn1c(=O)c2cc(C(=O)NC3CC3)sc2c2ccccc21. The Bertz CT molecular complexity index is 950. The van der Waals surface area contributed by atoms with Crippen molar-refractivity contribution < 1.29 is 4.79 Å². The van der Waals surface area contributed by atoms with E-state index in [2.05, 4.69) is 5.32 Å². The molecule has 0 aliphatic heterocycles. The van der Waals surface area contributed by atoms with Gasteiger partial charge in [0, 0.05) is 22.7 Å². The van der Waals surface area contributed by atoms with Gasteiger partial charge in [-0.2, -0.15) is 0 Å². The molecule has 2 aromatic heterocycles. The van der Waals surface area contributed by atoms with E-state index in [4.69, 9.17) is 0 Å². The Kier molecular flexibility index (Phi) is 3.04. The van der Waals surface area contributed by atoms with Crippen LogP contribution in [0.1, 0.15) is 29.4 Å². The Balaban J connectivity index is 1.98. The molecule has 4 nitrogen and oxygen atoms in total. The zero-order valence-electron chi connectivity index (χ0n) is 12.3. The highest BCUT2D eigenvalue weighted by atomic mass is 32.1.